The predicted molar refractivity (Wildman–Crippen MR) is 53.5 cm³/mol. The highest BCUT2D eigenvalue weighted by molar-refractivity contribution is 5.78. The number of nitrogens with one attached hydrogen (secondary N) is 1. The molecule has 1 N–H and O–H groups in total. The van der Waals surface area contributed by atoms with E-state index in [1.54, 1.807) is 11.9 Å². The van der Waals surface area contributed by atoms with Gasteiger partial charge in [-0.05, 0) is 19.4 Å². The minimum absolute atomic E-state index is 0.118. The summed E-state index contributed by atoms with van der Waals surface area (Å²) in [6.07, 6.45) is 2.47. The summed E-state index contributed by atoms with van der Waals surface area (Å²) < 4.78 is 0. The molecule has 14 heavy (non-hydrogen) atoms. The molecule has 0 saturated carbocycles. The second-order valence-electron chi connectivity index (χ2n) is 3.71. The Kier molecular flexibility index (Phi) is 4.41. The van der Waals surface area contributed by atoms with Crippen LogP contribution in [-0.2, 0) is 4.79 Å². The molecule has 4 heteroatoms. The molecule has 1 rings (SSSR count). The second-order valence-corrected chi connectivity index (χ2v) is 3.71. The topological polar surface area (TPSA) is 56.1 Å². The summed E-state index contributed by atoms with van der Waals surface area (Å²) in [6.45, 7) is 2.35. The lowest BCUT2D eigenvalue weighted by Gasteiger charge is -2.26. The van der Waals surface area contributed by atoms with Crippen molar-refractivity contribution in [2.45, 2.75) is 19.3 Å². The lowest BCUT2D eigenvalue weighted by molar-refractivity contribution is -0.134. The quantitative estimate of drug-likeness (QED) is 0.707. The Hall–Kier alpha value is -1.08. The fourth-order valence-electron chi connectivity index (χ4n) is 1.70. The molecule has 1 amide bonds. The fourth-order valence-corrected chi connectivity index (χ4v) is 1.70. The molecule has 1 unspecified atom stereocenters. The summed E-state index contributed by atoms with van der Waals surface area (Å²) in [5.74, 6) is 0.292. The smallest absolute Gasteiger partial charge is 0.226 e. The maximum Gasteiger partial charge on any atom is 0.226 e. The van der Waals surface area contributed by atoms with Crippen molar-refractivity contribution in [3.8, 4) is 6.07 Å². The van der Waals surface area contributed by atoms with E-state index in [9.17, 15) is 4.79 Å². The summed E-state index contributed by atoms with van der Waals surface area (Å²) in [4.78, 5) is 13.4. The van der Waals surface area contributed by atoms with E-state index < -0.39 is 0 Å². The molecule has 0 aromatic carbocycles. The number of nitriles is 1. The van der Waals surface area contributed by atoms with Gasteiger partial charge in [0.2, 0.25) is 5.91 Å². The van der Waals surface area contributed by atoms with Crippen LogP contribution in [0.4, 0.5) is 0 Å². The second kappa shape index (κ2) is 5.61. The first kappa shape index (κ1) is 11.0. The van der Waals surface area contributed by atoms with Crippen LogP contribution in [0.1, 0.15) is 19.3 Å². The number of hydrogen-bond acceptors (Lipinski definition) is 3. The summed E-state index contributed by atoms with van der Waals surface area (Å²) in [5.41, 5.74) is 0. The molecule has 1 saturated heterocycles. The van der Waals surface area contributed by atoms with Gasteiger partial charge in [-0.2, -0.15) is 5.26 Å². The van der Waals surface area contributed by atoms with Crippen molar-refractivity contribution in [2.24, 2.45) is 5.92 Å². The van der Waals surface area contributed by atoms with E-state index in [0.717, 1.165) is 25.9 Å². The summed E-state index contributed by atoms with van der Waals surface area (Å²) in [6, 6.07) is 2.05. The van der Waals surface area contributed by atoms with Crippen molar-refractivity contribution < 1.29 is 4.79 Å². The van der Waals surface area contributed by atoms with Crippen molar-refractivity contribution >= 4 is 5.91 Å². The van der Waals surface area contributed by atoms with Crippen LogP contribution in [0.5, 0.6) is 0 Å². The molecule has 1 heterocycles. The van der Waals surface area contributed by atoms with E-state index in [-0.39, 0.29) is 11.8 Å². The van der Waals surface area contributed by atoms with Gasteiger partial charge in [0.15, 0.2) is 0 Å². The Morgan fingerprint density at radius 1 is 1.71 bits per heavy atom. The minimum Gasteiger partial charge on any atom is -0.344 e. The Morgan fingerprint density at radius 3 is 3.07 bits per heavy atom. The first-order valence-electron chi connectivity index (χ1n) is 5.08. The molecular formula is C10H17N3O. The van der Waals surface area contributed by atoms with Gasteiger partial charge in [-0.25, -0.2) is 0 Å². The van der Waals surface area contributed by atoms with Gasteiger partial charge in [0.25, 0.3) is 0 Å². The average Bonchev–Trinajstić information content (AvgIpc) is 2.26. The third-order valence-electron chi connectivity index (χ3n) is 2.58. The number of carbonyl (C=O) groups excluding carboxylic acids is 1. The summed E-state index contributed by atoms with van der Waals surface area (Å²) in [7, 11) is 1.77. The highest BCUT2D eigenvalue weighted by Crippen LogP contribution is 2.12. The van der Waals surface area contributed by atoms with Crippen molar-refractivity contribution in [2.75, 3.05) is 26.7 Å². The average molecular weight is 195 g/mol. The van der Waals surface area contributed by atoms with Gasteiger partial charge in [0, 0.05) is 20.1 Å². The minimum atomic E-state index is 0.118. The molecular weight excluding hydrogens is 178 g/mol. The molecule has 0 radical (unpaired) electrons. The Morgan fingerprint density at radius 2 is 2.50 bits per heavy atom. The van der Waals surface area contributed by atoms with Gasteiger partial charge >= 0.3 is 0 Å². The van der Waals surface area contributed by atoms with E-state index >= 15 is 0 Å². The monoisotopic (exact) mass is 195 g/mol. The largest absolute Gasteiger partial charge is 0.344 e. The zero-order valence-corrected chi connectivity index (χ0v) is 8.62. The molecule has 78 valence electrons. The maximum absolute atomic E-state index is 11.8. The van der Waals surface area contributed by atoms with Crippen molar-refractivity contribution in [1.29, 1.82) is 5.26 Å². The van der Waals surface area contributed by atoms with Gasteiger partial charge in [0.05, 0.1) is 18.4 Å². The number of rotatable bonds is 3. The highest BCUT2D eigenvalue weighted by Gasteiger charge is 2.23. The molecule has 0 aromatic heterocycles. The molecule has 0 spiro atoms. The SMILES string of the molecule is CN(CCC#N)C(=O)C1CCCNC1. The van der Waals surface area contributed by atoms with Crippen LogP contribution in [-0.4, -0.2) is 37.5 Å². The van der Waals surface area contributed by atoms with Crippen molar-refractivity contribution in [1.82, 2.24) is 10.2 Å². The molecule has 4 nitrogen and oxygen atoms in total. The van der Waals surface area contributed by atoms with Gasteiger partial charge in [-0.1, -0.05) is 0 Å². The molecule has 0 aromatic rings. The van der Waals surface area contributed by atoms with E-state index in [2.05, 4.69) is 5.32 Å². The molecule has 0 bridgehead atoms. The van der Waals surface area contributed by atoms with Crippen LogP contribution in [0.3, 0.4) is 0 Å². The van der Waals surface area contributed by atoms with Crippen LogP contribution in [0.25, 0.3) is 0 Å². The van der Waals surface area contributed by atoms with Crippen LogP contribution in [0.2, 0.25) is 0 Å². The van der Waals surface area contributed by atoms with Crippen molar-refractivity contribution in [3.05, 3.63) is 0 Å². The maximum atomic E-state index is 11.8. The van der Waals surface area contributed by atoms with Gasteiger partial charge in [0.1, 0.15) is 0 Å². The Balaban J connectivity index is 2.35. The van der Waals surface area contributed by atoms with E-state index in [0.29, 0.717) is 13.0 Å². The lowest BCUT2D eigenvalue weighted by Crippen LogP contribution is -2.41. The zero-order chi connectivity index (χ0) is 10.4. The number of amides is 1. The fraction of sp³-hybridized carbons (Fsp3) is 0.800. The van der Waals surface area contributed by atoms with Crippen LogP contribution in [0.15, 0.2) is 0 Å². The molecule has 1 fully saturated rings. The number of hydrogen-bond donors (Lipinski definition) is 1. The van der Waals surface area contributed by atoms with E-state index in [1.165, 1.54) is 0 Å². The van der Waals surface area contributed by atoms with E-state index in [1.807, 2.05) is 6.07 Å². The Labute approximate surface area is 84.9 Å². The predicted octanol–water partition coefficient (Wildman–Crippen LogP) is 0.358. The highest BCUT2D eigenvalue weighted by atomic mass is 16.2. The third-order valence-corrected chi connectivity index (χ3v) is 2.58. The Bertz CT molecular complexity index is 228. The van der Waals surface area contributed by atoms with Crippen molar-refractivity contribution in [3.63, 3.8) is 0 Å². The van der Waals surface area contributed by atoms with Gasteiger partial charge in [-0.15, -0.1) is 0 Å². The summed E-state index contributed by atoms with van der Waals surface area (Å²) >= 11 is 0. The molecule has 1 atom stereocenters. The van der Waals surface area contributed by atoms with E-state index in [4.69, 9.17) is 5.26 Å². The molecule has 1 aliphatic heterocycles. The van der Waals surface area contributed by atoms with Crippen LogP contribution < -0.4 is 5.32 Å². The molecule has 1 aliphatic rings. The van der Waals surface area contributed by atoms with Gasteiger partial charge < -0.3 is 10.2 Å². The summed E-state index contributed by atoms with van der Waals surface area (Å²) in [5, 5.41) is 11.6. The number of nitrogens with zero attached hydrogens (tertiary/aromatic N) is 2. The van der Waals surface area contributed by atoms with Gasteiger partial charge in [-0.3, -0.25) is 4.79 Å². The normalized spacial score (nSPS) is 21.3. The lowest BCUT2D eigenvalue weighted by atomic mass is 9.98. The first-order chi connectivity index (χ1) is 6.75. The zero-order valence-electron chi connectivity index (χ0n) is 8.62. The number of carbonyl (C=O) groups is 1. The number of piperidine rings is 1. The van der Waals surface area contributed by atoms with Crippen LogP contribution >= 0.6 is 0 Å². The van der Waals surface area contributed by atoms with Crippen LogP contribution in [0, 0.1) is 17.2 Å². The first-order valence-corrected chi connectivity index (χ1v) is 5.08. The third kappa shape index (κ3) is 3.00. The standard InChI is InChI=1S/C10H17N3O/c1-13(7-3-5-11)10(14)9-4-2-6-12-8-9/h9,12H,2-4,6-8H2,1H3. The molecule has 0 aliphatic carbocycles.